The summed E-state index contributed by atoms with van der Waals surface area (Å²) in [6.45, 7) is 11.1. The molecule has 0 bridgehead atoms. The molecule has 2 atom stereocenters. The first-order valence-corrected chi connectivity index (χ1v) is 9.06. The van der Waals surface area contributed by atoms with Crippen LogP contribution in [0.15, 0.2) is 36.4 Å². The number of guanidine groups is 1. The summed E-state index contributed by atoms with van der Waals surface area (Å²) in [7, 11) is 1.97. The monoisotopic (exact) mass is 484 g/mol. The number of aryl methyl sites for hydroxylation is 1. The average molecular weight is 484 g/mol. The summed E-state index contributed by atoms with van der Waals surface area (Å²) < 4.78 is 4.18. The van der Waals surface area contributed by atoms with Crippen molar-refractivity contribution in [3.8, 4) is 0 Å². The van der Waals surface area contributed by atoms with E-state index in [1.165, 1.54) is 0 Å². The van der Waals surface area contributed by atoms with Crippen LogP contribution in [-0.2, 0) is 13.6 Å². The number of halogens is 1. The fourth-order valence-corrected chi connectivity index (χ4v) is 3.26. The van der Waals surface area contributed by atoms with Crippen molar-refractivity contribution in [3.05, 3.63) is 43.0 Å². The van der Waals surface area contributed by atoms with E-state index in [1.54, 1.807) is 0 Å². The van der Waals surface area contributed by atoms with Crippen LogP contribution in [0.3, 0.4) is 0 Å². The van der Waals surface area contributed by atoms with Gasteiger partial charge in [0.25, 0.3) is 0 Å². The molecular formula is C18H29IN8. The molecule has 148 valence electrons. The molecule has 1 aliphatic heterocycles. The van der Waals surface area contributed by atoms with Gasteiger partial charge in [0.05, 0.1) is 12.4 Å². The number of rotatable bonds is 5. The second-order valence-corrected chi connectivity index (χ2v) is 6.82. The average Bonchev–Trinajstić information content (AvgIpc) is 3.28. The smallest absolute Gasteiger partial charge is 0.194 e. The molecule has 3 heterocycles. The Morgan fingerprint density at radius 2 is 2.26 bits per heavy atom. The summed E-state index contributed by atoms with van der Waals surface area (Å²) in [5.74, 6) is 3.24. The van der Waals surface area contributed by atoms with Crippen molar-refractivity contribution < 1.29 is 0 Å². The van der Waals surface area contributed by atoms with Crippen LogP contribution in [0, 0.1) is 12.8 Å². The van der Waals surface area contributed by atoms with Crippen molar-refractivity contribution in [1.29, 1.82) is 0 Å². The number of piperidine rings is 1. The van der Waals surface area contributed by atoms with Gasteiger partial charge in [0.15, 0.2) is 11.8 Å². The van der Waals surface area contributed by atoms with E-state index in [1.807, 2.05) is 43.3 Å². The standard InChI is InChI=1S/C18H28N8.HI/c1-5-7-20-18(21-11-17-23-22-15(3)24(17)4)25-9-6-14(2)16(12-25)26-10-8-19-13-26;/h5,8,10,13-14,16H,1,6-7,9,11-12H2,2-4H3,(H,20,21);1H. The molecule has 1 fully saturated rings. The minimum Gasteiger partial charge on any atom is -0.353 e. The highest BCUT2D eigenvalue weighted by Gasteiger charge is 2.29. The lowest BCUT2D eigenvalue weighted by atomic mass is 9.93. The number of likely N-dealkylation sites (tertiary alicyclic amines) is 1. The van der Waals surface area contributed by atoms with Gasteiger partial charge in [0.1, 0.15) is 12.4 Å². The topological polar surface area (TPSA) is 76.2 Å². The Balaban J connectivity index is 0.00000261. The van der Waals surface area contributed by atoms with E-state index in [4.69, 9.17) is 4.99 Å². The molecule has 0 amide bonds. The Morgan fingerprint density at radius 1 is 1.44 bits per heavy atom. The first-order chi connectivity index (χ1) is 12.6. The predicted molar refractivity (Wildman–Crippen MR) is 117 cm³/mol. The van der Waals surface area contributed by atoms with E-state index in [-0.39, 0.29) is 24.0 Å². The van der Waals surface area contributed by atoms with Crippen LogP contribution in [0.1, 0.15) is 31.0 Å². The number of aliphatic imine (C=N–C) groups is 1. The number of hydrogen-bond donors (Lipinski definition) is 1. The maximum absolute atomic E-state index is 4.81. The molecule has 0 spiro atoms. The summed E-state index contributed by atoms with van der Waals surface area (Å²) in [5, 5.41) is 11.7. The zero-order valence-corrected chi connectivity index (χ0v) is 18.6. The summed E-state index contributed by atoms with van der Waals surface area (Å²) in [6, 6.07) is 0.388. The highest BCUT2D eigenvalue weighted by atomic mass is 127. The Labute approximate surface area is 177 Å². The van der Waals surface area contributed by atoms with Gasteiger partial charge in [0.2, 0.25) is 0 Å². The second kappa shape index (κ2) is 9.86. The van der Waals surface area contributed by atoms with E-state index >= 15 is 0 Å². The van der Waals surface area contributed by atoms with Crippen molar-refractivity contribution in [1.82, 2.24) is 34.5 Å². The van der Waals surface area contributed by atoms with Crippen LogP contribution in [0.2, 0.25) is 0 Å². The molecule has 2 aromatic rings. The molecule has 0 aromatic carbocycles. The van der Waals surface area contributed by atoms with Crippen LogP contribution in [0.5, 0.6) is 0 Å². The van der Waals surface area contributed by atoms with Crippen LogP contribution in [0.25, 0.3) is 0 Å². The van der Waals surface area contributed by atoms with Crippen LogP contribution >= 0.6 is 24.0 Å². The maximum Gasteiger partial charge on any atom is 0.194 e. The zero-order valence-electron chi connectivity index (χ0n) is 16.2. The van der Waals surface area contributed by atoms with E-state index in [2.05, 4.69) is 43.5 Å². The van der Waals surface area contributed by atoms with Crippen LogP contribution in [-0.4, -0.2) is 54.8 Å². The Morgan fingerprint density at radius 3 is 2.89 bits per heavy atom. The van der Waals surface area contributed by atoms with Gasteiger partial charge >= 0.3 is 0 Å². The number of imidazole rings is 1. The molecule has 8 nitrogen and oxygen atoms in total. The molecule has 0 radical (unpaired) electrons. The first kappa shape index (κ1) is 21.4. The minimum atomic E-state index is 0. The summed E-state index contributed by atoms with van der Waals surface area (Å²) in [4.78, 5) is 11.3. The lowest BCUT2D eigenvalue weighted by molar-refractivity contribution is 0.189. The molecule has 27 heavy (non-hydrogen) atoms. The van der Waals surface area contributed by atoms with E-state index in [0.717, 1.165) is 37.1 Å². The van der Waals surface area contributed by atoms with E-state index < -0.39 is 0 Å². The van der Waals surface area contributed by atoms with Crippen molar-refractivity contribution in [3.63, 3.8) is 0 Å². The molecule has 0 saturated carbocycles. The predicted octanol–water partition coefficient (Wildman–Crippen LogP) is 2.15. The minimum absolute atomic E-state index is 0. The lowest BCUT2D eigenvalue weighted by Gasteiger charge is -2.39. The van der Waals surface area contributed by atoms with Crippen LogP contribution in [0.4, 0.5) is 0 Å². The molecular weight excluding hydrogens is 455 g/mol. The lowest BCUT2D eigenvalue weighted by Crippen LogP contribution is -2.49. The fourth-order valence-electron chi connectivity index (χ4n) is 3.26. The van der Waals surface area contributed by atoms with E-state index in [0.29, 0.717) is 25.0 Å². The molecule has 0 aliphatic carbocycles. The normalized spacial score (nSPS) is 20.3. The fraction of sp³-hybridized carbons (Fsp3) is 0.556. The molecule has 3 rings (SSSR count). The Hall–Kier alpha value is -1.91. The van der Waals surface area contributed by atoms with Crippen molar-refractivity contribution in [2.24, 2.45) is 18.0 Å². The quantitative estimate of drug-likeness (QED) is 0.305. The molecule has 2 aromatic heterocycles. The third kappa shape index (κ3) is 5.08. The number of nitrogens with one attached hydrogen (secondary N) is 1. The molecule has 9 heteroatoms. The largest absolute Gasteiger partial charge is 0.353 e. The van der Waals surface area contributed by atoms with Crippen molar-refractivity contribution >= 4 is 29.9 Å². The summed E-state index contributed by atoms with van der Waals surface area (Å²) >= 11 is 0. The van der Waals surface area contributed by atoms with Gasteiger partial charge in [-0.1, -0.05) is 13.0 Å². The molecule has 1 aliphatic rings. The molecule has 2 unspecified atom stereocenters. The SMILES string of the molecule is C=CCNC(=NCc1nnc(C)n1C)N1CCC(C)C(n2ccnc2)C1.I. The zero-order chi connectivity index (χ0) is 18.5. The molecule has 1 saturated heterocycles. The first-order valence-electron chi connectivity index (χ1n) is 9.06. The van der Waals surface area contributed by atoms with Gasteiger partial charge in [-0.2, -0.15) is 0 Å². The number of nitrogens with zero attached hydrogens (tertiary/aromatic N) is 7. The van der Waals surface area contributed by atoms with Gasteiger partial charge in [-0.05, 0) is 19.3 Å². The third-order valence-electron chi connectivity index (χ3n) is 5.08. The van der Waals surface area contributed by atoms with Gasteiger partial charge in [-0.15, -0.1) is 40.8 Å². The van der Waals surface area contributed by atoms with Gasteiger partial charge in [-0.25, -0.2) is 9.98 Å². The van der Waals surface area contributed by atoms with Crippen molar-refractivity contribution in [2.45, 2.75) is 32.9 Å². The number of hydrogen-bond acceptors (Lipinski definition) is 4. The maximum atomic E-state index is 4.81. The van der Waals surface area contributed by atoms with Crippen molar-refractivity contribution in [2.75, 3.05) is 19.6 Å². The number of aromatic nitrogens is 5. The highest BCUT2D eigenvalue weighted by Crippen LogP contribution is 2.27. The second-order valence-electron chi connectivity index (χ2n) is 6.82. The van der Waals surface area contributed by atoms with Gasteiger partial charge < -0.3 is 19.4 Å². The van der Waals surface area contributed by atoms with E-state index in [9.17, 15) is 0 Å². The Kier molecular flexibility index (Phi) is 7.81. The summed E-state index contributed by atoms with van der Waals surface area (Å²) in [6.07, 6.45) is 8.75. The highest BCUT2D eigenvalue weighted by molar-refractivity contribution is 14.0. The van der Waals surface area contributed by atoms with Gasteiger partial charge in [0, 0.05) is 39.1 Å². The summed E-state index contributed by atoms with van der Waals surface area (Å²) in [5.41, 5.74) is 0. The third-order valence-corrected chi connectivity index (χ3v) is 5.08. The van der Waals surface area contributed by atoms with Crippen LogP contribution < -0.4 is 5.32 Å². The molecule has 1 N–H and O–H groups in total. The Bertz CT molecular complexity index is 752. The van der Waals surface area contributed by atoms with Gasteiger partial charge in [-0.3, -0.25) is 0 Å².